The molecule has 0 aromatic heterocycles. The molecule has 9 nitrogen and oxygen atoms in total. The average molecular weight is 270 g/mol. The molecule has 0 spiro atoms. The number of carbonyl (C=O) groups excluding carboxylic acids is 1. The predicted octanol–water partition coefficient (Wildman–Crippen LogP) is 0.384. The van der Waals surface area contributed by atoms with Gasteiger partial charge in [0.05, 0.1) is 7.11 Å². The molecule has 0 aromatic rings. The summed E-state index contributed by atoms with van der Waals surface area (Å²) in [4.78, 5) is 44.6. The largest absolute Gasteiger partial charge is 0.481 e. The van der Waals surface area contributed by atoms with Gasteiger partial charge < -0.3 is 15.3 Å². The molecule has 18 heavy (non-hydrogen) atoms. The van der Waals surface area contributed by atoms with Crippen LogP contribution in [0.3, 0.4) is 0 Å². The lowest BCUT2D eigenvalue weighted by Gasteiger charge is -1.87. The highest BCUT2D eigenvalue weighted by molar-refractivity contribution is 5.65. The molecule has 0 bridgehead atoms. The second-order valence-corrected chi connectivity index (χ2v) is 2.30. The van der Waals surface area contributed by atoms with E-state index in [-0.39, 0.29) is 0 Å². The molecular weight excluding hydrogens is 252 g/mol. The molecule has 0 atom stereocenters. The Morgan fingerprint density at radius 2 is 0.889 bits per heavy atom. The van der Waals surface area contributed by atoms with Gasteiger partial charge in [-0.3, -0.25) is 19.3 Å². The Morgan fingerprint density at radius 1 is 0.722 bits per heavy atom. The van der Waals surface area contributed by atoms with Crippen LogP contribution in [0.4, 0.5) is 0 Å². The van der Waals surface area contributed by atoms with Crippen LogP contribution >= 0.6 is 0 Å². The third-order valence-corrected chi connectivity index (χ3v) is 0.201. The van der Waals surface area contributed by atoms with E-state index < -0.39 is 23.9 Å². The minimum absolute atomic E-state index is 0.433. The summed E-state index contributed by atoms with van der Waals surface area (Å²) in [7, 11) is 1.28. The molecular formula is C9H18O9. The number of hydrogen-bond acceptors (Lipinski definition) is 6. The maximum atomic E-state index is 9.70. The van der Waals surface area contributed by atoms with Crippen molar-refractivity contribution >= 4 is 23.9 Å². The zero-order valence-corrected chi connectivity index (χ0v) is 10.8. The first-order valence-electron chi connectivity index (χ1n) is 4.27. The van der Waals surface area contributed by atoms with Gasteiger partial charge in [0.1, 0.15) is 0 Å². The van der Waals surface area contributed by atoms with E-state index >= 15 is 0 Å². The van der Waals surface area contributed by atoms with Crippen LogP contribution < -0.4 is 0 Å². The summed E-state index contributed by atoms with van der Waals surface area (Å²) in [5.41, 5.74) is 0. The lowest BCUT2D eigenvalue weighted by atomic mass is 10.8. The van der Waals surface area contributed by atoms with Gasteiger partial charge in [-0.05, 0) is 0 Å². The van der Waals surface area contributed by atoms with Crippen molar-refractivity contribution < 1.29 is 44.3 Å². The normalized spacial score (nSPS) is 6.72. The third-order valence-electron chi connectivity index (χ3n) is 0.201. The van der Waals surface area contributed by atoms with E-state index in [0.717, 1.165) is 20.8 Å². The van der Waals surface area contributed by atoms with Crippen molar-refractivity contribution in [3.63, 3.8) is 0 Å². The standard InChI is InChI=1S/C3H6O3.3C2H4O2/c1-3(4)6-5-2;3*1-2(3)4/h1-2H3;3*1H3,(H,3,4). The quantitative estimate of drug-likeness (QED) is 0.454. The average Bonchev–Trinajstić information content (AvgIpc) is 1.98. The van der Waals surface area contributed by atoms with Gasteiger partial charge in [0.2, 0.25) is 0 Å². The van der Waals surface area contributed by atoms with E-state index in [0.29, 0.717) is 0 Å². The van der Waals surface area contributed by atoms with Gasteiger partial charge in [0, 0.05) is 27.7 Å². The highest BCUT2D eigenvalue weighted by atomic mass is 17.2. The Kier molecular flexibility index (Phi) is 28.0. The summed E-state index contributed by atoms with van der Waals surface area (Å²) in [5, 5.41) is 22.2. The van der Waals surface area contributed by atoms with Crippen molar-refractivity contribution in [1.82, 2.24) is 0 Å². The van der Waals surface area contributed by atoms with Crippen molar-refractivity contribution in [1.29, 1.82) is 0 Å². The number of carboxylic acids is 3. The van der Waals surface area contributed by atoms with Gasteiger partial charge in [-0.2, -0.15) is 4.89 Å². The minimum atomic E-state index is -0.833. The SMILES string of the molecule is CC(=O)O.CC(=O)O.CC(=O)O.COOC(C)=O. The highest BCUT2D eigenvalue weighted by Gasteiger charge is 1.83. The van der Waals surface area contributed by atoms with Crippen molar-refractivity contribution in [2.24, 2.45) is 0 Å². The molecule has 0 aliphatic heterocycles. The molecule has 0 fully saturated rings. The Labute approximate surface area is 104 Å². The first kappa shape index (κ1) is 24.9. The number of hydrogen-bond donors (Lipinski definition) is 3. The second kappa shape index (κ2) is 20.3. The zero-order valence-electron chi connectivity index (χ0n) is 10.8. The van der Waals surface area contributed by atoms with Crippen LogP contribution in [0.2, 0.25) is 0 Å². The van der Waals surface area contributed by atoms with Crippen molar-refractivity contribution in [3.8, 4) is 0 Å². The van der Waals surface area contributed by atoms with Crippen molar-refractivity contribution in [3.05, 3.63) is 0 Å². The fourth-order valence-corrected chi connectivity index (χ4v) is 0.117. The van der Waals surface area contributed by atoms with Crippen LogP contribution in [0.1, 0.15) is 27.7 Å². The lowest BCUT2D eigenvalue weighted by molar-refractivity contribution is -0.252. The molecule has 0 aliphatic rings. The molecule has 0 aromatic carbocycles. The molecule has 0 unspecified atom stereocenters. The molecule has 0 rings (SSSR count). The molecule has 108 valence electrons. The maximum absolute atomic E-state index is 9.70. The summed E-state index contributed by atoms with van der Waals surface area (Å²) < 4.78 is 0. The lowest BCUT2D eigenvalue weighted by Crippen LogP contribution is -1.94. The maximum Gasteiger partial charge on any atom is 0.339 e. The Morgan fingerprint density at radius 3 is 0.889 bits per heavy atom. The minimum Gasteiger partial charge on any atom is -0.481 e. The van der Waals surface area contributed by atoms with Gasteiger partial charge in [-0.1, -0.05) is 0 Å². The van der Waals surface area contributed by atoms with E-state index in [1.165, 1.54) is 14.0 Å². The van der Waals surface area contributed by atoms with Gasteiger partial charge in [0.25, 0.3) is 17.9 Å². The van der Waals surface area contributed by atoms with E-state index in [1.807, 2.05) is 0 Å². The summed E-state index contributed by atoms with van der Waals surface area (Å²) in [6.45, 7) is 4.52. The number of carboxylic acid groups (broad SMARTS) is 3. The first-order valence-corrected chi connectivity index (χ1v) is 4.27. The summed E-state index contributed by atoms with van der Waals surface area (Å²) in [5.74, 6) is -2.93. The number of aliphatic carboxylic acids is 3. The Bertz CT molecular complexity index is 206. The Hall–Kier alpha value is -2.16. The van der Waals surface area contributed by atoms with Gasteiger partial charge >= 0.3 is 5.97 Å². The monoisotopic (exact) mass is 270 g/mol. The zero-order chi connectivity index (χ0) is 15.7. The smallest absolute Gasteiger partial charge is 0.339 e. The number of rotatable bonds is 1. The van der Waals surface area contributed by atoms with Crippen molar-refractivity contribution in [2.45, 2.75) is 27.7 Å². The molecule has 0 saturated carbocycles. The van der Waals surface area contributed by atoms with Crippen LogP contribution in [0.15, 0.2) is 0 Å². The van der Waals surface area contributed by atoms with Crippen LogP contribution in [-0.4, -0.2) is 46.3 Å². The molecule has 9 heteroatoms. The van der Waals surface area contributed by atoms with Crippen molar-refractivity contribution in [2.75, 3.05) is 7.11 Å². The fraction of sp³-hybridized carbons (Fsp3) is 0.556. The van der Waals surface area contributed by atoms with E-state index in [1.54, 1.807) is 0 Å². The molecule has 0 aliphatic carbocycles. The molecule has 0 saturated heterocycles. The topological polar surface area (TPSA) is 147 Å². The molecule has 3 N–H and O–H groups in total. The van der Waals surface area contributed by atoms with Crippen LogP contribution in [0.25, 0.3) is 0 Å². The molecule has 0 amide bonds. The first-order chi connectivity index (χ1) is 7.97. The molecule has 0 heterocycles. The fourth-order valence-electron chi connectivity index (χ4n) is 0.117. The highest BCUT2D eigenvalue weighted by Crippen LogP contribution is 1.69. The van der Waals surface area contributed by atoms with Crippen LogP contribution in [-0.2, 0) is 29.0 Å². The Balaban J connectivity index is -0.0000000742. The van der Waals surface area contributed by atoms with Gasteiger partial charge in [0.15, 0.2) is 0 Å². The van der Waals surface area contributed by atoms with E-state index in [2.05, 4.69) is 9.78 Å². The molecule has 0 radical (unpaired) electrons. The number of carbonyl (C=O) groups is 4. The van der Waals surface area contributed by atoms with Crippen LogP contribution in [0.5, 0.6) is 0 Å². The second-order valence-electron chi connectivity index (χ2n) is 2.30. The summed E-state index contributed by atoms with van der Waals surface area (Å²) in [6, 6.07) is 0. The van der Waals surface area contributed by atoms with Gasteiger partial charge in [-0.15, -0.1) is 0 Å². The third kappa shape index (κ3) is 3230. The van der Waals surface area contributed by atoms with E-state index in [9.17, 15) is 4.79 Å². The summed E-state index contributed by atoms with van der Waals surface area (Å²) in [6.07, 6.45) is 0. The van der Waals surface area contributed by atoms with Crippen LogP contribution in [0, 0.1) is 0 Å². The summed E-state index contributed by atoms with van der Waals surface area (Å²) >= 11 is 0. The van der Waals surface area contributed by atoms with Gasteiger partial charge in [-0.25, -0.2) is 4.79 Å². The van der Waals surface area contributed by atoms with E-state index in [4.69, 9.17) is 29.7 Å². The predicted molar refractivity (Wildman–Crippen MR) is 58.7 cm³/mol.